The summed E-state index contributed by atoms with van der Waals surface area (Å²) in [6.07, 6.45) is 6.17. The van der Waals surface area contributed by atoms with Gasteiger partial charge in [-0.2, -0.15) is 5.10 Å². The quantitative estimate of drug-likeness (QED) is 0.660. The van der Waals surface area contributed by atoms with E-state index in [1.165, 1.54) is 6.07 Å². The van der Waals surface area contributed by atoms with Crippen molar-refractivity contribution in [2.45, 2.75) is 13.0 Å². The number of benzene rings is 1. The van der Waals surface area contributed by atoms with Gasteiger partial charge in [0.15, 0.2) is 5.82 Å². The minimum atomic E-state index is -0.403. The standard InChI is InChI=1S/C22H26FN7O/c1-28-9-3-10-29(13-12-28)20-6-5-18(14-19(20)23)27-22(31)25-16-17-4-7-21(24-15-17)30-11-2-8-26-30/h2,4-8,11,14-15H,3,9-10,12-13,16H2,1H3,(H2,25,27,31). The molecule has 1 aliphatic rings. The van der Waals surface area contributed by atoms with Crippen molar-refractivity contribution in [2.75, 3.05) is 43.4 Å². The van der Waals surface area contributed by atoms with Crippen molar-refractivity contribution in [3.8, 4) is 5.82 Å². The van der Waals surface area contributed by atoms with Gasteiger partial charge >= 0.3 is 6.03 Å². The maximum Gasteiger partial charge on any atom is 0.319 e. The van der Waals surface area contributed by atoms with Crippen LogP contribution in [-0.4, -0.2) is 58.9 Å². The van der Waals surface area contributed by atoms with E-state index in [2.05, 4.69) is 37.6 Å². The molecule has 0 bridgehead atoms. The number of nitrogens with one attached hydrogen (secondary N) is 2. The fraction of sp³-hybridized carbons (Fsp3) is 0.318. The summed E-state index contributed by atoms with van der Waals surface area (Å²) in [4.78, 5) is 20.9. The Bertz CT molecular complexity index is 1010. The van der Waals surface area contributed by atoms with Crippen LogP contribution in [0.5, 0.6) is 0 Å². The van der Waals surface area contributed by atoms with E-state index < -0.39 is 6.03 Å². The lowest BCUT2D eigenvalue weighted by atomic mass is 10.2. The first-order valence-corrected chi connectivity index (χ1v) is 10.3. The van der Waals surface area contributed by atoms with Gasteiger partial charge in [0.25, 0.3) is 0 Å². The molecule has 9 heteroatoms. The maximum atomic E-state index is 14.7. The molecule has 1 saturated heterocycles. The molecule has 0 spiro atoms. The summed E-state index contributed by atoms with van der Waals surface area (Å²) in [7, 11) is 2.08. The molecule has 4 rings (SSSR count). The zero-order valence-corrected chi connectivity index (χ0v) is 17.5. The number of aromatic nitrogens is 3. The van der Waals surface area contributed by atoms with Crippen LogP contribution in [0.15, 0.2) is 55.0 Å². The molecule has 2 N–H and O–H groups in total. The third-order valence-corrected chi connectivity index (χ3v) is 5.27. The van der Waals surface area contributed by atoms with Crippen LogP contribution in [-0.2, 0) is 6.54 Å². The average Bonchev–Trinajstić information content (AvgIpc) is 3.22. The van der Waals surface area contributed by atoms with Crippen LogP contribution >= 0.6 is 0 Å². The van der Waals surface area contributed by atoms with Gasteiger partial charge in [-0.15, -0.1) is 0 Å². The van der Waals surface area contributed by atoms with E-state index in [9.17, 15) is 9.18 Å². The molecule has 1 aliphatic heterocycles. The number of carbonyl (C=O) groups is 1. The van der Waals surface area contributed by atoms with Gasteiger partial charge in [0, 0.05) is 50.5 Å². The van der Waals surface area contributed by atoms with Crippen LogP contribution in [0, 0.1) is 5.82 Å². The molecule has 1 aromatic carbocycles. The molecule has 2 aromatic heterocycles. The number of nitrogens with zero attached hydrogens (tertiary/aromatic N) is 5. The third-order valence-electron chi connectivity index (χ3n) is 5.27. The number of urea groups is 1. The summed E-state index contributed by atoms with van der Waals surface area (Å²) in [6.45, 7) is 3.83. The fourth-order valence-corrected chi connectivity index (χ4v) is 3.55. The summed E-state index contributed by atoms with van der Waals surface area (Å²) in [6, 6.07) is 9.95. The lowest BCUT2D eigenvalue weighted by Crippen LogP contribution is -2.30. The zero-order valence-electron chi connectivity index (χ0n) is 17.5. The molecule has 31 heavy (non-hydrogen) atoms. The molecule has 0 radical (unpaired) electrons. The van der Waals surface area contributed by atoms with Crippen LogP contribution in [0.25, 0.3) is 5.82 Å². The Morgan fingerprint density at radius 3 is 2.81 bits per heavy atom. The van der Waals surface area contributed by atoms with E-state index in [1.54, 1.807) is 29.2 Å². The van der Waals surface area contributed by atoms with Crippen molar-refractivity contribution in [1.29, 1.82) is 0 Å². The summed E-state index contributed by atoms with van der Waals surface area (Å²) < 4.78 is 16.3. The molecule has 0 atom stereocenters. The van der Waals surface area contributed by atoms with Gasteiger partial charge in [0.1, 0.15) is 5.82 Å². The van der Waals surface area contributed by atoms with Gasteiger partial charge in [-0.1, -0.05) is 6.07 Å². The smallest absolute Gasteiger partial charge is 0.319 e. The second-order valence-electron chi connectivity index (χ2n) is 7.59. The van der Waals surface area contributed by atoms with Crippen LogP contribution < -0.4 is 15.5 Å². The zero-order chi connectivity index (χ0) is 21.6. The second-order valence-corrected chi connectivity index (χ2v) is 7.59. The summed E-state index contributed by atoms with van der Waals surface area (Å²) >= 11 is 0. The Morgan fingerprint density at radius 1 is 1.16 bits per heavy atom. The molecule has 2 amide bonds. The number of pyridine rings is 1. The highest BCUT2D eigenvalue weighted by molar-refractivity contribution is 5.89. The van der Waals surface area contributed by atoms with E-state index in [4.69, 9.17) is 0 Å². The van der Waals surface area contributed by atoms with E-state index in [0.29, 0.717) is 23.7 Å². The van der Waals surface area contributed by atoms with E-state index in [1.807, 2.05) is 24.4 Å². The largest absolute Gasteiger partial charge is 0.368 e. The normalized spacial score (nSPS) is 14.8. The Kier molecular flexibility index (Phi) is 6.42. The number of rotatable bonds is 5. The molecule has 8 nitrogen and oxygen atoms in total. The van der Waals surface area contributed by atoms with E-state index in [0.717, 1.165) is 38.2 Å². The van der Waals surface area contributed by atoms with Crippen molar-refractivity contribution in [3.05, 3.63) is 66.4 Å². The van der Waals surface area contributed by atoms with Crippen molar-refractivity contribution in [3.63, 3.8) is 0 Å². The molecule has 0 aliphatic carbocycles. The van der Waals surface area contributed by atoms with Crippen molar-refractivity contribution < 1.29 is 9.18 Å². The first-order chi connectivity index (χ1) is 15.1. The van der Waals surface area contributed by atoms with Gasteiger partial charge in [-0.25, -0.2) is 18.9 Å². The van der Waals surface area contributed by atoms with Crippen LogP contribution in [0.3, 0.4) is 0 Å². The highest BCUT2D eigenvalue weighted by atomic mass is 19.1. The molecular formula is C22H26FN7O. The van der Waals surface area contributed by atoms with Crippen molar-refractivity contribution in [1.82, 2.24) is 25.0 Å². The SMILES string of the molecule is CN1CCCN(c2ccc(NC(=O)NCc3ccc(-n4cccn4)nc3)cc2F)CC1. The fourth-order valence-electron chi connectivity index (χ4n) is 3.55. The molecular weight excluding hydrogens is 397 g/mol. The summed E-state index contributed by atoms with van der Waals surface area (Å²) in [5.41, 5.74) is 1.83. The number of likely N-dealkylation sites (N-methyl/N-ethyl adjacent to an activating group) is 1. The molecule has 3 aromatic rings. The Morgan fingerprint density at radius 2 is 2.06 bits per heavy atom. The molecule has 3 heterocycles. The monoisotopic (exact) mass is 423 g/mol. The topological polar surface area (TPSA) is 78.3 Å². The third kappa shape index (κ3) is 5.37. The lowest BCUT2D eigenvalue weighted by molar-refractivity contribution is 0.251. The van der Waals surface area contributed by atoms with Gasteiger partial charge < -0.3 is 20.4 Å². The highest BCUT2D eigenvalue weighted by Crippen LogP contribution is 2.24. The summed E-state index contributed by atoms with van der Waals surface area (Å²) in [5, 5.41) is 9.57. The van der Waals surface area contributed by atoms with Gasteiger partial charge in [0.2, 0.25) is 0 Å². The Labute approximate surface area is 180 Å². The lowest BCUT2D eigenvalue weighted by Gasteiger charge is -2.23. The van der Waals surface area contributed by atoms with Crippen molar-refractivity contribution in [2.24, 2.45) is 0 Å². The first-order valence-electron chi connectivity index (χ1n) is 10.3. The minimum Gasteiger partial charge on any atom is -0.368 e. The molecule has 0 unspecified atom stereocenters. The minimum absolute atomic E-state index is 0.306. The molecule has 0 saturated carbocycles. The van der Waals surface area contributed by atoms with Gasteiger partial charge in [-0.3, -0.25) is 0 Å². The van der Waals surface area contributed by atoms with Gasteiger partial charge in [-0.05, 0) is 55.9 Å². The van der Waals surface area contributed by atoms with Gasteiger partial charge in [0.05, 0.1) is 5.69 Å². The number of hydrogen-bond acceptors (Lipinski definition) is 5. The summed E-state index contributed by atoms with van der Waals surface area (Å²) in [5.74, 6) is 0.366. The number of carbonyl (C=O) groups excluding carboxylic acids is 1. The Hall–Kier alpha value is -3.46. The van der Waals surface area contributed by atoms with Crippen LogP contribution in [0.4, 0.5) is 20.6 Å². The predicted molar refractivity (Wildman–Crippen MR) is 118 cm³/mol. The highest BCUT2D eigenvalue weighted by Gasteiger charge is 2.16. The number of hydrogen-bond donors (Lipinski definition) is 2. The second kappa shape index (κ2) is 9.57. The van der Waals surface area contributed by atoms with E-state index in [-0.39, 0.29) is 5.82 Å². The molecule has 162 valence electrons. The molecule has 1 fully saturated rings. The maximum absolute atomic E-state index is 14.7. The predicted octanol–water partition coefficient (Wildman–Crippen LogP) is 2.87. The number of anilines is 2. The average molecular weight is 423 g/mol. The van der Waals surface area contributed by atoms with Crippen LogP contribution in [0.1, 0.15) is 12.0 Å². The van der Waals surface area contributed by atoms with Crippen LogP contribution in [0.2, 0.25) is 0 Å². The van der Waals surface area contributed by atoms with Crippen molar-refractivity contribution >= 4 is 17.4 Å². The first kappa shape index (κ1) is 20.8. The number of halogens is 1. The Balaban J connectivity index is 1.31. The van der Waals surface area contributed by atoms with E-state index >= 15 is 0 Å². The number of amides is 2.